The Balaban J connectivity index is 2.06. The molecule has 0 saturated heterocycles. The van der Waals surface area contributed by atoms with Gasteiger partial charge in [0, 0.05) is 25.3 Å². The van der Waals surface area contributed by atoms with Crippen molar-refractivity contribution in [2.45, 2.75) is 24.8 Å². The average molecular weight is 376 g/mol. The zero-order valence-electron chi connectivity index (χ0n) is 15.9. The van der Waals surface area contributed by atoms with Crippen molar-refractivity contribution >= 4 is 15.7 Å². The first-order valence-corrected chi connectivity index (χ1v) is 10.4. The number of nitrogens with zero attached hydrogens (tertiary/aromatic N) is 2. The van der Waals surface area contributed by atoms with E-state index in [1.54, 1.807) is 12.1 Å². The first kappa shape index (κ1) is 20.4. The molecule has 2 aromatic carbocycles. The standard InChI is InChI=1S/C20H29N3O2S/c1-4-23(19-11-6-5-7-12-19)17-18-10-8-13-20(16-18)26(24,25)21-14-9-15-22(2)3/h5-8,10-13,16,21H,4,9,14-15,17H2,1-3H3. The van der Waals surface area contributed by atoms with Crippen molar-refractivity contribution in [3.63, 3.8) is 0 Å². The fraction of sp³-hybridized carbons (Fsp3) is 0.400. The molecule has 0 aliphatic carbocycles. The maximum absolute atomic E-state index is 12.5. The molecule has 0 atom stereocenters. The lowest BCUT2D eigenvalue weighted by Crippen LogP contribution is -2.27. The smallest absolute Gasteiger partial charge is 0.240 e. The van der Waals surface area contributed by atoms with Crippen LogP contribution < -0.4 is 9.62 Å². The highest BCUT2D eigenvalue weighted by molar-refractivity contribution is 7.89. The number of hydrogen-bond donors (Lipinski definition) is 1. The Morgan fingerprint density at radius 2 is 1.73 bits per heavy atom. The predicted molar refractivity (Wildman–Crippen MR) is 108 cm³/mol. The highest BCUT2D eigenvalue weighted by atomic mass is 32.2. The van der Waals surface area contributed by atoms with E-state index < -0.39 is 10.0 Å². The Morgan fingerprint density at radius 1 is 1.00 bits per heavy atom. The zero-order valence-corrected chi connectivity index (χ0v) is 16.7. The summed E-state index contributed by atoms with van der Waals surface area (Å²) < 4.78 is 27.7. The number of benzene rings is 2. The summed E-state index contributed by atoms with van der Waals surface area (Å²) in [6, 6.07) is 17.3. The minimum Gasteiger partial charge on any atom is -0.367 e. The lowest BCUT2D eigenvalue weighted by molar-refractivity contribution is 0.400. The Bertz CT molecular complexity index is 777. The summed E-state index contributed by atoms with van der Waals surface area (Å²) in [5.74, 6) is 0. The van der Waals surface area contributed by atoms with Gasteiger partial charge in [-0.05, 0) is 63.8 Å². The summed E-state index contributed by atoms with van der Waals surface area (Å²) in [4.78, 5) is 4.58. The fourth-order valence-electron chi connectivity index (χ4n) is 2.74. The summed E-state index contributed by atoms with van der Waals surface area (Å²) >= 11 is 0. The second-order valence-corrected chi connectivity index (χ2v) is 8.32. The van der Waals surface area contributed by atoms with Gasteiger partial charge in [-0.3, -0.25) is 0 Å². The van der Waals surface area contributed by atoms with Crippen LogP contribution in [0.1, 0.15) is 18.9 Å². The highest BCUT2D eigenvalue weighted by Gasteiger charge is 2.14. The molecule has 26 heavy (non-hydrogen) atoms. The van der Waals surface area contributed by atoms with Gasteiger partial charge in [-0.15, -0.1) is 0 Å². The van der Waals surface area contributed by atoms with Crippen molar-refractivity contribution in [3.8, 4) is 0 Å². The van der Waals surface area contributed by atoms with E-state index in [0.29, 0.717) is 18.0 Å². The average Bonchev–Trinajstić information content (AvgIpc) is 2.64. The van der Waals surface area contributed by atoms with Gasteiger partial charge in [0.1, 0.15) is 0 Å². The van der Waals surface area contributed by atoms with E-state index in [1.807, 2.05) is 49.3 Å². The predicted octanol–water partition coefficient (Wildman–Crippen LogP) is 2.94. The Kier molecular flexibility index (Phi) is 7.63. The van der Waals surface area contributed by atoms with E-state index in [9.17, 15) is 8.42 Å². The maximum atomic E-state index is 12.5. The molecular weight excluding hydrogens is 346 g/mol. The molecule has 0 unspecified atom stereocenters. The summed E-state index contributed by atoms with van der Waals surface area (Å²) in [6.07, 6.45) is 0.781. The lowest BCUT2D eigenvalue weighted by Gasteiger charge is -2.23. The third kappa shape index (κ3) is 6.12. The van der Waals surface area contributed by atoms with Crippen LogP contribution in [0.5, 0.6) is 0 Å². The van der Waals surface area contributed by atoms with E-state index >= 15 is 0 Å². The van der Waals surface area contributed by atoms with Gasteiger partial charge in [-0.2, -0.15) is 0 Å². The van der Waals surface area contributed by atoms with Gasteiger partial charge in [0.25, 0.3) is 0 Å². The molecule has 0 amide bonds. The van der Waals surface area contributed by atoms with Crippen LogP contribution >= 0.6 is 0 Å². The quantitative estimate of drug-likeness (QED) is 0.649. The van der Waals surface area contributed by atoms with Gasteiger partial charge in [-0.25, -0.2) is 13.1 Å². The van der Waals surface area contributed by atoms with Gasteiger partial charge in [0.05, 0.1) is 4.90 Å². The molecule has 0 aromatic heterocycles. The number of hydrogen-bond acceptors (Lipinski definition) is 4. The summed E-state index contributed by atoms with van der Waals surface area (Å²) in [5.41, 5.74) is 2.11. The summed E-state index contributed by atoms with van der Waals surface area (Å²) in [6.45, 7) is 4.91. The number of rotatable bonds is 10. The highest BCUT2D eigenvalue weighted by Crippen LogP contribution is 2.18. The van der Waals surface area contributed by atoms with Crippen LogP contribution in [0.4, 0.5) is 5.69 Å². The molecule has 0 heterocycles. The topological polar surface area (TPSA) is 52.7 Å². The Morgan fingerprint density at radius 3 is 2.38 bits per heavy atom. The summed E-state index contributed by atoms with van der Waals surface area (Å²) in [5, 5.41) is 0. The van der Waals surface area contributed by atoms with E-state index in [4.69, 9.17) is 0 Å². The number of para-hydroxylation sites is 1. The Labute approximate surface area is 157 Å². The molecule has 0 fully saturated rings. The number of anilines is 1. The van der Waals surface area contributed by atoms with Crippen molar-refractivity contribution in [2.75, 3.05) is 38.6 Å². The van der Waals surface area contributed by atoms with Crippen LogP contribution in [-0.4, -0.2) is 47.0 Å². The number of nitrogens with one attached hydrogen (secondary N) is 1. The van der Waals surface area contributed by atoms with Crippen molar-refractivity contribution in [2.24, 2.45) is 0 Å². The minimum atomic E-state index is -3.47. The molecule has 5 nitrogen and oxygen atoms in total. The van der Waals surface area contributed by atoms with Crippen molar-refractivity contribution in [3.05, 3.63) is 60.2 Å². The molecule has 0 saturated carbocycles. The largest absolute Gasteiger partial charge is 0.367 e. The van der Waals surface area contributed by atoms with Gasteiger partial charge in [0.2, 0.25) is 10.0 Å². The van der Waals surface area contributed by atoms with E-state index in [-0.39, 0.29) is 0 Å². The molecule has 1 N–H and O–H groups in total. The van der Waals surface area contributed by atoms with Crippen molar-refractivity contribution in [1.29, 1.82) is 0 Å². The second kappa shape index (κ2) is 9.71. The first-order chi connectivity index (χ1) is 12.4. The van der Waals surface area contributed by atoms with Crippen LogP contribution in [0.25, 0.3) is 0 Å². The van der Waals surface area contributed by atoms with Crippen LogP contribution in [0.3, 0.4) is 0 Å². The van der Waals surface area contributed by atoms with Crippen LogP contribution in [0.2, 0.25) is 0 Å². The molecule has 142 valence electrons. The second-order valence-electron chi connectivity index (χ2n) is 6.55. The molecular formula is C20H29N3O2S. The van der Waals surface area contributed by atoms with E-state index in [2.05, 4.69) is 28.7 Å². The van der Waals surface area contributed by atoms with Gasteiger partial charge < -0.3 is 9.80 Å². The third-order valence-corrected chi connectivity index (χ3v) is 5.62. The van der Waals surface area contributed by atoms with Gasteiger partial charge >= 0.3 is 0 Å². The molecule has 0 aliphatic heterocycles. The molecule has 6 heteroatoms. The molecule has 2 aromatic rings. The molecule has 0 bridgehead atoms. The van der Waals surface area contributed by atoms with Crippen LogP contribution in [-0.2, 0) is 16.6 Å². The van der Waals surface area contributed by atoms with Crippen molar-refractivity contribution < 1.29 is 8.42 Å². The molecule has 0 aliphatic rings. The van der Waals surface area contributed by atoms with E-state index in [0.717, 1.165) is 30.8 Å². The molecule has 2 rings (SSSR count). The third-order valence-electron chi connectivity index (χ3n) is 4.16. The van der Waals surface area contributed by atoms with Crippen LogP contribution in [0, 0.1) is 0 Å². The van der Waals surface area contributed by atoms with Gasteiger partial charge in [0.15, 0.2) is 0 Å². The van der Waals surface area contributed by atoms with E-state index in [1.165, 1.54) is 0 Å². The van der Waals surface area contributed by atoms with Gasteiger partial charge in [-0.1, -0.05) is 30.3 Å². The molecule has 0 spiro atoms. The first-order valence-electron chi connectivity index (χ1n) is 8.95. The maximum Gasteiger partial charge on any atom is 0.240 e. The molecule has 0 radical (unpaired) electrons. The SMILES string of the molecule is CCN(Cc1cccc(S(=O)(=O)NCCCN(C)C)c1)c1ccccc1. The number of sulfonamides is 1. The van der Waals surface area contributed by atoms with Crippen LogP contribution in [0.15, 0.2) is 59.5 Å². The summed E-state index contributed by atoms with van der Waals surface area (Å²) in [7, 11) is 0.478. The Hall–Kier alpha value is -1.89. The monoisotopic (exact) mass is 375 g/mol. The zero-order chi connectivity index (χ0) is 19.0. The lowest BCUT2D eigenvalue weighted by atomic mass is 10.2. The fourth-order valence-corrected chi connectivity index (χ4v) is 3.88. The minimum absolute atomic E-state index is 0.323. The normalized spacial score (nSPS) is 11.7. The van der Waals surface area contributed by atoms with Crippen molar-refractivity contribution in [1.82, 2.24) is 9.62 Å².